The van der Waals surface area contributed by atoms with E-state index in [4.69, 9.17) is 0 Å². The highest BCUT2D eigenvalue weighted by molar-refractivity contribution is 5.83. The average molecular weight is 416 g/mol. The fourth-order valence-corrected chi connectivity index (χ4v) is 7.02. The Morgan fingerprint density at radius 1 is 0.567 bits per heavy atom. The lowest BCUT2D eigenvalue weighted by molar-refractivity contribution is -0.200. The Morgan fingerprint density at radius 2 is 1.10 bits per heavy atom. The van der Waals surface area contributed by atoms with E-state index in [9.17, 15) is 13.2 Å². The Morgan fingerprint density at radius 3 is 1.70 bits per heavy atom. The standard InChI is InChI=1S/C24H14F6/c25-23(26,27)21-16-11-5-4-10-15(16)19-20(21,14-8-2-1-3-9-14)22(19,24(28,29)30)18-13-7-6-12-17(18)21/h1-13,19H/t19-,20-,21+,22+/m1/s1. The Bertz CT molecular complexity index is 1190. The topological polar surface area (TPSA) is 0 Å². The summed E-state index contributed by atoms with van der Waals surface area (Å²) in [5.41, 5.74) is -7.91. The maximum atomic E-state index is 15.2. The van der Waals surface area contributed by atoms with Gasteiger partial charge < -0.3 is 0 Å². The summed E-state index contributed by atoms with van der Waals surface area (Å²) in [5.74, 6) is -1.32. The average Bonchev–Trinajstić information content (AvgIpc) is 3.19. The molecule has 152 valence electrons. The molecular formula is C24H14F6. The molecule has 0 bridgehead atoms. The summed E-state index contributed by atoms with van der Waals surface area (Å²) < 4.78 is 90.4. The van der Waals surface area contributed by atoms with E-state index in [0.717, 1.165) is 0 Å². The number of halogens is 6. The van der Waals surface area contributed by atoms with Gasteiger partial charge in [0, 0.05) is 11.3 Å². The number of fused-ring (bicyclic) bond motifs is 7. The molecule has 3 aromatic carbocycles. The molecule has 3 aliphatic carbocycles. The smallest absolute Gasteiger partial charge is 0.170 e. The van der Waals surface area contributed by atoms with Crippen LogP contribution in [0.25, 0.3) is 0 Å². The van der Waals surface area contributed by atoms with Gasteiger partial charge in [-0.15, -0.1) is 0 Å². The Balaban J connectivity index is 1.89. The lowest BCUT2D eigenvalue weighted by Crippen LogP contribution is -2.52. The first-order valence-electron chi connectivity index (χ1n) is 9.57. The first-order valence-corrected chi connectivity index (χ1v) is 9.57. The third-order valence-corrected chi connectivity index (χ3v) is 7.53. The van der Waals surface area contributed by atoms with Crippen LogP contribution in [-0.4, -0.2) is 12.4 Å². The lowest BCUT2D eigenvalue weighted by atomic mass is 9.64. The molecule has 1 saturated carbocycles. The molecule has 4 atom stereocenters. The zero-order chi connectivity index (χ0) is 21.2. The normalized spacial score (nSPS) is 33.1. The third kappa shape index (κ3) is 1.45. The fraction of sp³-hybridized carbons (Fsp3) is 0.250. The zero-order valence-electron chi connectivity index (χ0n) is 15.4. The van der Waals surface area contributed by atoms with Crippen molar-refractivity contribution in [2.24, 2.45) is 0 Å². The summed E-state index contributed by atoms with van der Waals surface area (Å²) in [6.45, 7) is 0. The quantitative estimate of drug-likeness (QED) is 0.403. The summed E-state index contributed by atoms with van der Waals surface area (Å²) in [6.07, 6.45) is -9.78. The summed E-state index contributed by atoms with van der Waals surface area (Å²) in [5, 5.41) is 0. The van der Waals surface area contributed by atoms with E-state index in [-0.39, 0.29) is 27.8 Å². The van der Waals surface area contributed by atoms with Crippen LogP contribution in [0.5, 0.6) is 0 Å². The highest BCUT2D eigenvalue weighted by Gasteiger charge is 3.03. The van der Waals surface area contributed by atoms with E-state index < -0.39 is 34.5 Å². The number of benzene rings is 3. The molecule has 0 aliphatic heterocycles. The van der Waals surface area contributed by atoms with Gasteiger partial charge in [0.2, 0.25) is 0 Å². The molecule has 0 N–H and O–H groups in total. The van der Waals surface area contributed by atoms with Crippen molar-refractivity contribution in [3.05, 3.63) is 107 Å². The number of hydrogen-bond donors (Lipinski definition) is 0. The van der Waals surface area contributed by atoms with Gasteiger partial charge in [-0.2, -0.15) is 26.3 Å². The van der Waals surface area contributed by atoms with Gasteiger partial charge in [-0.3, -0.25) is 0 Å². The van der Waals surface area contributed by atoms with Gasteiger partial charge in [0.15, 0.2) is 0 Å². The van der Waals surface area contributed by atoms with Crippen molar-refractivity contribution in [3.8, 4) is 0 Å². The summed E-state index contributed by atoms with van der Waals surface area (Å²) >= 11 is 0. The summed E-state index contributed by atoms with van der Waals surface area (Å²) in [6, 6.07) is 18.5. The fourth-order valence-electron chi connectivity index (χ4n) is 7.02. The summed E-state index contributed by atoms with van der Waals surface area (Å²) in [4.78, 5) is 0. The van der Waals surface area contributed by atoms with Crippen LogP contribution in [0.3, 0.4) is 0 Å². The maximum Gasteiger partial charge on any atom is 0.403 e. The number of alkyl halides is 6. The molecule has 1 fully saturated rings. The minimum absolute atomic E-state index is 0.0591. The van der Waals surface area contributed by atoms with Crippen LogP contribution in [0.2, 0.25) is 0 Å². The Kier molecular flexibility index (Phi) is 2.96. The van der Waals surface area contributed by atoms with Crippen molar-refractivity contribution in [1.82, 2.24) is 0 Å². The first-order chi connectivity index (χ1) is 14.2. The molecule has 0 heterocycles. The van der Waals surface area contributed by atoms with Crippen molar-refractivity contribution in [1.29, 1.82) is 0 Å². The van der Waals surface area contributed by atoms with Crippen LogP contribution in [0.4, 0.5) is 26.3 Å². The highest BCUT2D eigenvalue weighted by atomic mass is 19.4. The second kappa shape index (κ2) is 4.93. The molecule has 0 saturated heterocycles. The molecule has 6 rings (SSSR count). The minimum atomic E-state index is -4.92. The molecule has 0 spiro atoms. The minimum Gasteiger partial charge on any atom is -0.170 e. The van der Waals surface area contributed by atoms with Crippen LogP contribution in [0.15, 0.2) is 78.9 Å². The second-order valence-corrected chi connectivity index (χ2v) is 8.29. The monoisotopic (exact) mass is 416 g/mol. The molecule has 0 unspecified atom stereocenters. The third-order valence-electron chi connectivity index (χ3n) is 7.53. The van der Waals surface area contributed by atoms with E-state index >= 15 is 13.2 Å². The Labute approximate surface area is 168 Å². The van der Waals surface area contributed by atoms with E-state index in [0.29, 0.717) is 0 Å². The van der Waals surface area contributed by atoms with Crippen molar-refractivity contribution >= 4 is 0 Å². The van der Waals surface area contributed by atoms with E-state index in [2.05, 4.69) is 0 Å². The van der Waals surface area contributed by atoms with Crippen molar-refractivity contribution in [2.75, 3.05) is 0 Å². The molecule has 0 amide bonds. The van der Waals surface area contributed by atoms with Gasteiger partial charge in [-0.1, -0.05) is 78.9 Å². The first kappa shape index (κ1) is 18.0. The number of hydrogen-bond acceptors (Lipinski definition) is 0. The molecule has 3 aromatic rings. The highest BCUT2D eigenvalue weighted by Crippen LogP contribution is 2.95. The summed E-state index contributed by atoms with van der Waals surface area (Å²) in [7, 11) is 0. The Hall–Kier alpha value is -2.76. The predicted octanol–water partition coefficient (Wildman–Crippen LogP) is 6.40. The van der Waals surface area contributed by atoms with E-state index in [1.807, 2.05) is 0 Å². The molecule has 30 heavy (non-hydrogen) atoms. The van der Waals surface area contributed by atoms with Gasteiger partial charge in [0.25, 0.3) is 0 Å². The van der Waals surface area contributed by atoms with E-state index in [1.54, 1.807) is 6.07 Å². The molecule has 3 aliphatic rings. The van der Waals surface area contributed by atoms with Crippen molar-refractivity contribution < 1.29 is 26.3 Å². The molecule has 0 radical (unpaired) electrons. The molecule has 0 aromatic heterocycles. The van der Waals surface area contributed by atoms with Crippen LogP contribution < -0.4 is 0 Å². The largest absolute Gasteiger partial charge is 0.403 e. The zero-order valence-corrected chi connectivity index (χ0v) is 15.4. The van der Waals surface area contributed by atoms with Gasteiger partial charge in [0.1, 0.15) is 10.8 Å². The van der Waals surface area contributed by atoms with Gasteiger partial charge in [-0.25, -0.2) is 0 Å². The maximum absolute atomic E-state index is 15.2. The van der Waals surface area contributed by atoms with E-state index in [1.165, 1.54) is 72.8 Å². The second-order valence-electron chi connectivity index (χ2n) is 8.29. The number of rotatable bonds is 1. The van der Waals surface area contributed by atoms with Gasteiger partial charge >= 0.3 is 12.4 Å². The predicted molar refractivity (Wildman–Crippen MR) is 98.3 cm³/mol. The van der Waals surface area contributed by atoms with Crippen LogP contribution in [0.1, 0.15) is 33.7 Å². The van der Waals surface area contributed by atoms with Crippen molar-refractivity contribution in [3.63, 3.8) is 0 Å². The van der Waals surface area contributed by atoms with Crippen LogP contribution in [-0.2, 0) is 16.2 Å². The molecular weight excluding hydrogens is 402 g/mol. The van der Waals surface area contributed by atoms with Crippen LogP contribution in [0, 0.1) is 0 Å². The molecule has 6 heteroatoms. The lowest BCUT2D eigenvalue weighted by Gasteiger charge is -2.40. The van der Waals surface area contributed by atoms with Gasteiger partial charge in [-0.05, 0) is 27.8 Å². The van der Waals surface area contributed by atoms with Crippen LogP contribution >= 0.6 is 0 Å². The van der Waals surface area contributed by atoms with Crippen molar-refractivity contribution in [2.45, 2.75) is 34.5 Å². The SMILES string of the molecule is FC(F)(F)[C@]12c3ccccc3[C@@H]3[C@@]1(c1ccccc1)[C@]3(C(F)(F)F)c1ccccc12. The van der Waals surface area contributed by atoms with Gasteiger partial charge in [0.05, 0.1) is 0 Å². The molecule has 0 nitrogen and oxygen atoms in total.